The molecule has 2 atom stereocenters. The molecule has 0 radical (unpaired) electrons. The highest BCUT2D eigenvalue weighted by atomic mass is 127. The number of nitrogens with one attached hydrogen (secondary N) is 2. The van der Waals surface area contributed by atoms with Crippen molar-refractivity contribution in [3.8, 4) is 0 Å². The minimum absolute atomic E-state index is 0.00158. The Balaban J connectivity index is 3.71. The van der Waals surface area contributed by atoms with E-state index in [4.69, 9.17) is 10.2 Å². The zero-order valence-electron chi connectivity index (χ0n) is 17.1. The second-order valence-corrected chi connectivity index (χ2v) is 9.80. The van der Waals surface area contributed by atoms with Crippen molar-refractivity contribution < 1.29 is 45.0 Å². The summed E-state index contributed by atoms with van der Waals surface area (Å²) in [4.78, 5) is 39.4. The number of aliphatic hydroxyl groups is 6. The summed E-state index contributed by atoms with van der Waals surface area (Å²) >= 11 is 5.41. The van der Waals surface area contributed by atoms with Crippen LogP contribution in [0.2, 0.25) is 0 Å². The number of halogens is 3. The maximum atomic E-state index is 13.0. The molecule has 0 aliphatic rings. The Kier molecular flexibility index (Phi) is 13.8. The van der Waals surface area contributed by atoms with Gasteiger partial charge in [0, 0.05) is 23.2 Å². The molecular formula is C18H24I3N3O9. The fraction of sp³-hybridized carbons (Fsp3) is 0.500. The molecule has 0 aliphatic heterocycles. The van der Waals surface area contributed by atoms with Crippen molar-refractivity contribution in [2.75, 3.05) is 51.0 Å². The van der Waals surface area contributed by atoms with Gasteiger partial charge in [0.1, 0.15) is 6.61 Å². The first-order chi connectivity index (χ1) is 15.5. The molecule has 33 heavy (non-hydrogen) atoms. The molecule has 0 bridgehead atoms. The molecule has 186 valence electrons. The first kappa shape index (κ1) is 30.6. The molecule has 1 aromatic carbocycles. The molecule has 1 aromatic rings. The predicted molar refractivity (Wildman–Crippen MR) is 142 cm³/mol. The first-order valence-corrected chi connectivity index (χ1v) is 12.7. The van der Waals surface area contributed by atoms with Gasteiger partial charge in [0.2, 0.25) is 0 Å². The molecule has 8 N–H and O–H groups in total. The van der Waals surface area contributed by atoms with Gasteiger partial charge in [-0.3, -0.25) is 14.4 Å². The first-order valence-electron chi connectivity index (χ1n) is 9.42. The topological polar surface area (TPSA) is 200 Å². The number of hydrogen-bond donors (Lipinski definition) is 8. The standard InChI is InChI=1S/C18H24I3N3O9/c19-13-11(17(32)22-3-8(29)5-26)14(20)16(24(1-2-25)10(31)7-28)15(21)12(13)18(33)23-4-9(30)6-27/h8-9,25-30H,1-7H2,(H,22,32)(H,23,33)/t8-,9+. The summed E-state index contributed by atoms with van der Waals surface area (Å²) in [7, 11) is 0. The monoisotopic (exact) mass is 807 g/mol. The highest BCUT2D eigenvalue weighted by Crippen LogP contribution is 2.38. The Hall–Kier alpha value is -0.420. The lowest BCUT2D eigenvalue weighted by molar-refractivity contribution is -0.121. The summed E-state index contributed by atoms with van der Waals surface area (Å²) < 4.78 is 0.705. The quantitative estimate of drug-likeness (QED) is 0.110. The van der Waals surface area contributed by atoms with Gasteiger partial charge < -0.3 is 46.2 Å². The SMILES string of the molecule is O=C(NC[C@H](O)CO)c1c(I)c(C(=O)NC[C@@H](O)CO)c(I)c(N(CCO)C(=O)CO)c1I. The number of benzene rings is 1. The third-order valence-corrected chi connectivity index (χ3v) is 7.38. The van der Waals surface area contributed by atoms with E-state index in [-0.39, 0.29) is 47.2 Å². The highest BCUT2D eigenvalue weighted by Gasteiger charge is 2.32. The highest BCUT2D eigenvalue weighted by molar-refractivity contribution is 14.1. The third-order valence-electron chi connectivity index (χ3n) is 4.20. The molecule has 0 heterocycles. The van der Waals surface area contributed by atoms with E-state index < -0.39 is 56.4 Å². The average Bonchev–Trinajstić information content (AvgIpc) is 2.79. The Bertz CT molecular complexity index is 819. The van der Waals surface area contributed by atoms with Crippen LogP contribution in [0.25, 0.3) is 0 Å². The van der Waals surface area contributed by atoms with E-state index in [1.54, 1.807) is 22.6 Å². The Morgan fingerprint density at radius 2 is 1.21 bits per heavy atom. The predicted octanol–water partition coefficient (Wildman–Crippen LogP) is -2.02. The number of anilines is 1. The smallest absolute Gasteiger partial charge is 0.253 e. The maximum absolute atomic E-state index is 13.0. The van der Waals surface area contributed by atoms with Crippen LogP contribution in [0.3, 0.4) is 0 Å². The molecule has 0 spiro atoms. The number of nitrogens with zero attached hydrogens (tertiary/aromatic N) is 1. The van der Waals surface area contributed by atoms with Gasteiger partial charge in [-0.1, -0.05) is 0 Å². The van der Waals surface area contributed by atoms with Crippen molar-refractivity contribution >= 4 is 91.2 Å². The fourth-order valence-electron chi connectivity index (χ4n) is 2.56. The van der Waals surface area contributed by atoms with Crippen LogP contribution >= 0.6 is 67.8 Å². The van der Waals surface area contributed by atoms with Crippen molar-refractivity contribution in [2.45, 2.75) is 12.2 Å². The van der Waals surface area contributed by atoms with Gasteiger partial charge in [-0.2, -0.15) is 0 Å². The molecule has 0 unspecified atom stereocenters. The summed E-state index contributed by atoms with van der Waals surface area (Å²) in [6.45, 7) is -3.28. The second-order valence-electron chi connectivity index (χ2n) is 6.56. The van der Waals surface area contributed by atoms with E-state index in [0.29, 0.717) is 0 Å². The van der Waals surface area contributed by atoms with E-state index in [1.807, 2.05) is 45.2 Å². The molecule has 0 aromatic heterocycles. The molecule has 1 rings (SSSR count). The molecule has 12 nitrogen and oxygen atoms in total. The van der Waals surface area contributed by atoms with Crippen LogP contribution in [0.1, 0.15) is 20.7 Å². The molecular weight excluding hydrogens is 783 g/mol. The molecule has 0 saturated carbocycles. The van der Waals surface area contributed by atoms with Crippen molar-refractivity contribution in [3.63, 3.8) is 0 Å². The van der Waals surface area contributed by atoms with Crippen LogP contribution < -0.4 is 15.5 Å². The molecule has 0 saturated heterocycles. The van der Waals surface area contributed by atoms with E-state index in [0.717, 1.165) is 4.90 Å². The largest absolute Gasteiger partial charge is 0.395 e. The van der Waals surface area contributed by atoms with Gasteiger partial charge in [-0.25, -0.2) is 0 Å². The Morgan fingerprint density at radius 1 is 0.788 bits per heavy atom. The number of carbonyl (C=O) groups is 3. The minimum atomic E-state index is -1.21. The maximum Gasteiger partial charge on any atom is 0.253 e. The second kappa shape index (κ2) is 14.9. The Morgan fingerprint density at radius 3 is 1.55 bits per heavy atom. The molecule has 0 fully saturated rings. The number of carbonyl (C=O) groups excluding carboxylic acids is 3. The number of amides is 3. The van der Waals surface area contributed by atoms with Crippen LogP contribution in [0.4, 0.5) is 5.69 Å². The average molecular weight is 807 g/mol. The van der Waals surface area contributed by atoms with Gasteiger partial charge in [0.15, 0.2) is 0 Å². The van der Waals surface area contributed by atoms with Crippen LogP contribution in [0, 0.1) is 10.7 Å². The fourth-order valence-corrected chi connectivity index (χ4v) is 7.29. The number of hydrogen-bond acceptors (Lipinski definition) is 9. The van der Waals surface area contributed by atoms with Gasteiger partial charge in [0.25, 0.3) is 17.7 Å². The Labute approximate surface area is 230 Å². The lowest BCUT2D eigenvalue weighted by Crippen LogP contribution is -2.40. The summed E-state index contributed by atoms with van der Waals surface area (Å²) in [5, 5.41) is 60.8. The van der Waals surface area contributed by atoms with Gasteiger partial charge >= 0.3 is 0 Å². The van der Waals surface area contributed by atoms with Crippen LogP contribution in [0.15, 0.2) is 0 Å². The van der Waals surface area contributed by atoms with Crippen molar-refractivity contribution in [2.24, 2.45) is 0 Å². The number of rotatable bonds is 12. The summed E-state index contributed by atoms with van der Waals surface area (Å²) in [6, 6.07) is 0. The zero-order valence-corrected chi connectivity index (χ0v) is 23.6. The molecule has 3 amide bonds. The van der Waals surface area contributed by atoms with Gasteiger partial charge in [-0.05, 0) is 67.8 Å². The van der Waals surface area contributed by atoms with Crippen molar-refractivity contribution in [1.82, 2.24) is 10.6 Å². The summed E-state index contributed by atoms with van der Waals surface area (Å²) in [5.41, 5.74) is 0.113. The third kappa shape index (κ3) is 8.05. The van der Waals surface area contributed by atoms with E-state index >= 15 is 0 Å². The van der Waals surface area contributed by atoms with Crippen LogP contribution in [-0.2, 0) is 4.79 Å². The van der Waals surface area contributed by atoms with Gasteiger partial charge in [-0.15, -0.1) is 0 Å². The molecule has 0 aliphatic carbocycles. The normalized spacial score (nSPS) is 12.8. The van der Waals surface area contributed by atoms with Crippen molar-refractivity contribution in [3.05, 3.63) is 21.8 Å². The van der Waals surface area contributed by atoms with Crippen LogP contribution in [-0.4, -0.2) is 107 Å². The zero-order chi connectivity index (χ0) is 25.3. The number of aliphatic hydroxyl groups excluding tert-OH is 6. The van der Waals surface area contributed by atoms with Crippen molar-refractivity contribution in [1.29, 1.82) is 0 Å². The van der Waals surface area contributed by atoms with E-state index in [2.05, 4.69) is 10.6 Å². The lowest BCUT2D eigenvalue weighted by Gasteiger charge is -2.27. The summed E-state index contributed by atoms with van der Waals surface area (Å²) in [6.07, 6.45) is -2.42. The minimum Gasteiger partial charge on any atom is -0.395 e. The van der Waals surface area contributed by atoms with Gasteiger partial charge in [0.05, 0.1) is 56.0 Å². The van der Waals surface area contributed by atoms with E-state index in [9.17, 15) is 34.8 Å². The van der Waals surface area contributed by atoms with Crippen LogP contribution in [0.5, 0.6) is 0 Å². The molecule has 15 heteroatoms. The summed E-state index contributed by atoms with van der Waals surface area (Å²) in [5.74, 6) is -2.16. The lowest BCUT2D eigenvalue weighted by atomic mass is 10.1. The van der Waals surface area contributed by atoms with E-state index in [1.165, 1.54) is 0 Å².